The molecule has 3 heterocycles. The van der Waals surface area contributed by atoms with Crippen LogP contribution in [-0.4, -0.2) is 76.3 Å². The summed E-state index contributed by atoms with van der Waals surface area (Å²) in [6.07, 6.45) is 0.758. The lowest BCUT2D eigenvalue weighted by Gasteiger charge is -2.37. The van der Waals surface area contributed by atoms with Gasteiger partial charge in [-0.05, 0) is 44.6 Å². The summed E-state index contributed by atoms with van der Waals surface area (Å²) in [5.41, 5.74) is 4.44. The first-order valence-electron chi connectivity index (χ1n) is 11.8. The molecule has 1 atom stereocenters. The van der Waals surface area contributed by atoms with Crippen LogP contribution in [0.15, 0.2) is 48.5 Å². The van der Waals surface area contributed by atoms with Gasteiger partial charge in [0.2, 0.25) is 4.77 Å². The van der Waals surface area contributed by atoms with Gasteiger partial charge in [0.15, 0.2) is 15.7 Å². The highest BCUT2D eigenvalue weighted by molar-refractivity contribution is 7.91. The molecule has 1 aromatic heterocycles. The molecular formula is C25H31N5O2S2. The topological polar surface area (TPSA) is 63.4 Å². The Balaban J connectivity index is 1.38. The van der Waals surface area contributed by atoms with Crippen molar-refractivity contribution in [2.24, 2.45) is 0 Å². The Morgan fingerprint density at radius 1 is 0.941 bits per heavy atom. The van der Waals surface area contributed by atoms with Crippen LogP contribution in [0.2, 0.25) is 0 Å². The maximum absolute atomic E-state index is 11.9. The van der Waals surface area contributed by atoms with E-state index in [0.717, 1.165) is 49.7 Å². The van der Waals surface area contributed by atoms with Crippen LogP contribution >= 0.6 is 12.2 Å². The average Bonchev–Trinajstić information content (AvgIpc) is 3.34. The molecule has 7 nitrogen and oxygen atoms in total. The molecule has 2 aliphatic rings. The number of hydrogen-bond donors (Lipinski definition) is 0. The third kappa shape index (κ3) is 4.88. The summed E-state index contributed by atoms with van der Waals surface area (Å²) < 4.78 is 28.4. The van der Waals surface area contributed by atoms with Crippen LogP contribution < -0.4 is 0 Å². The third-order valence-electron chi connectivity index (χ3n) is 6.91. The smallest absolute Gasteiger partial charge is 0.204 e. The van der Waals surface area contributed by atoms with Crippen LogP contribution in [0.3, 0.4) is 0 Å². The van der Waals surface area contributed by atoms with Gasteiger partial charge in [0.25, 0.3) is 0 Å². The SMILES string of the molecule is Cc1ccc(-c2nn(CN3CCN([C@H]4CCS(=O)(=O)C4)CC3)c(=S)n2-c2ccc(C)cc2)cc1. The summed E-state index contributed by atoms with van der Waals surface area (Å²) in [5, 5.41) is 4.96. The van der Waals surface area contributed by atoms with Crippen molar-refractivity contribution in [2.45, 2.75) is 33.0 Å². The second kappa shape index (κ2) is 9.37. The van der Waals surface area contributed by atoms with Crippen LogP contribution in [0.25, 0.3) is 17.1 Å². The molecule has 180 valence electrons. The monoisotopic (exact) mass is 497 g/mol. The zero-order chi connectivity index (χ0) is 23.9. The molecule has 34 heavy (non-hydrogen) atoms. The second-order valence-corrected chi connectivity index (χ2v) is 12.1. The molecule has 2 fully saturated rings. The maximum atomic E-state index is 11.9. The van der Waals surface area contributed by atoms with Crippen molar-refractivity contribution in [1.82, 2.24) is 24.1 Å². The lowest BCUT2D eigenvalue weighted by atomic mass is 10.1. The molecule has 2 saturated heterocycles. The van der Waals surface area contributed by atoms with E-state index in [1.807, 2.05) is 4.68 Å². The third-order valence-corrected chi connectivity index (χ3v) is 9.05. The van der Waals surface area contributed by atoms with Crippen LogP contribution in [0.5, 0.6) is 0 Å². The molecule has 0 saturated carbocycles. The number of hydrogen-bond acceptors (Lipinski definition) is 6. The van der Waals surface area contributed by atoms with E-state index >= 15 is 0 Å². The number of nitrogens with zero attached hydrogens (tertiary/aromatic N) is 5. The number of sulfone groups is 1. The highest BCUT2D eigenvalue weighted by Gasteiger charge is 2.33. The highest BCUT2D eigenvalue weighted by Crippen LogP contribution is 2.24. The van der Waals surface area contributed by atoms with E-state index in [0.29, 0.717) is 22.9 Å². The number of piperazine rings is 1. The van der Waals surface area contributed by atoms with Crippen molar-refractivity contribution in [1.29, 1.82) is 0 Å². The van der Waals surface area contributed by atoms with E-state index in [1.165, 1.54) is 11.1 Å². The Kier molecular flexibility index (Phi) is 6.45. The molecule has 0 bridgehead atoms. The van der Waals surface area contributed by atoms with Crippen molar-refractivity contribution in [3.8, 4) is 17.1 Å². The summed E-state index contributed by atoms with van der Waals surface area (Å²) in [6, 6.07) is 16.9. The Morgan fingerprint density at radius 3 is 2.15 bits per heavy atom. The minimum Gasteiger partial charge on any atom is -0.297 e. The Bertz CT molecular complexity index is 1320. The standard InChI is InChI=1S/C25H31N5O2S2/c1-19-3-7-21(8-4-19)24-26-29(25(33)30(24)22-9-5-20(2)6-10-22)18-27-12-14-28(15-13-27)23-11-16-34(31,32)17-23/h3-10,23H,11-18H2,1-2H3/t23-/m0/s1. The first-order valence-corrected chi connectivity index (χ1v) is 14.0. The fourth-order valence-corrected chi connectivity index (χ4v) is 6.89. The van der Waals surface area contributed by atoms with Crippen LogP contribution in [-0.2, 0) is 16.5 Å². The van der Waals surface area contributed by atoms with Gasteiger partial charge < -0.3 is 0 Å². The molecule has 0 radical (unpaired) electrons. The largest absolute Gasteiger partial charge is 0.297 e. The van der Waals surface area contributed by atoms with E-state index in [1.54, 1.807) is 0 Å². The number of benzene rings is 2. The molecule has 9 heteroatoms. The summed E-state index contributed by atoms with van der Waals surface area (Å²) >= 11 is 5.92. The summed E-state index contributed by atoms with van der Waals surface area (Å²) in [7, 11) is -2.86. The summed E-state index contributed by atoms with van der Waals surface area (Å²) in [5.74, 6) is 1.47. The van der Waals surface area contributed by atoms with Crippen molar-refractivity contribution in [2.75, 3.05) is 37.7 Å². The minimum atomic E-state index is -2.86. The van der Waals surface area contributed by atoms with Gasteiger partial charge >= 0.3 is 0 Å². The first-order chi connectivity index (χ1) is 16.3. The van der Waals surface area contributed by atoms with Gasteiger partial charge in [-0.1, -0.05) is 47.5 Å². The predicted molar refractivity (Wildman–Crippen MR) is 138 cm³/mol. The van der Waals surface area contributed by atoms with E-state index in [4.69, 9.17) is 17.3 Å². The van der Waals surface area contributed by atoms with Crippen LogP contribution in [0.4, 0.5) is 0 Å². The average molecular weight is 498 g/mol. The lowest BCUT2D eigenvalue weighted by Crippen LogP contribution is -2.50. The van der Waals surface area contributed by atoms with Gasteiger partial charge in [-0.15, -0.1) is 5.10 Å². The molecule has 2 aliphatic heterocycles. The van der Waals surface area contributed by atoms with Gasteiger partial charge in [0.1, 0.15) is 0 Å². The van der Waals surface area contributed by atoms with Gasteiger partial charge in [-0.25, -0.2) is 13.1 Å². The van der Waals surface area contributed by atoms with Crippen molar-refractivity contribution in [3.63, 3.8) is 0 Å². The van der Waals surface area contributed by atoms with E-state index < -0.39 is 9.84 Å². The van der Waals surface area contributed by atoms with Gasteiger partial charge in [-0.2, -0.15) is 0 Å². The molecule has 0 aliphatic carbocycles. The molecular weight excluding hydrogens is 466 g/mol. The second-order valence-electron chi connectivity index (χ2n) is 9.49. The van der Waals surface area contributed by atoms with Crippen LogP contribution in [0, 0.1) is 18.6 Å². The molecule has 0 N–H and O–H groups in total. The van der Waals surface area contributed by atoms with Gasteiger partial charge in [0.05, 0.1) is 18.2 Å². The zero-order valence-corrected chi connectivity index (χ0v) is 21.4. The molecule has 0 unspecified atom stereocenters. The van der Waals surface area contributed by atoms with Crippen molar-refractivity contribution in [3.05, 3.63) is 64.4 Å². The fourth-order valence-electron chi connectivity index (χ4n) is 4.84. The van der Waals surface area contributed by atoms with E-state index in [2.05, 4.69) is 76.7 Å². The predicted octanol–water partition coefficient (Wildman–Crippen LogP) is 3.45. The molecule has 0 amide bonds. The van der Waals surface area contributed by atoms with Gasteiger partial charge in [-0.3, -0.25) is 14.4 Å². The maximum Gasteiger partial charge on any atom is 0.204 e. The summed E-state index contributed by atoms with van der Waals surface area (Å²) in [4.78, 5) is 4.68. The fraction of sp³-hybridized carbons (Fsp3) is 0.440. The van der Waals surface area contributed by atoms with E-state index in [9.17, 15) is 8.42 Å². The molecule has 3 aromatic rings. The Hall–Kier alpha value is -2.33. The number of aryl methyl sites for hydroxylation is 2. The Morgan fingerprint density at radius 2 is 1.56 bits per heavy atom. The van der Waals surface area contributed by atoms with Crippen LogP contribution in [0.1, 0.15) is 17.5 Å². The highest BCUT2D eigenvalue weighted by atomic mass is 32.2. The molecule has 0 spiro atoms. The lowest BCUT2D eigenvalue weighted by molar-refractivity contribution is 0.0808. The quantitative estimate of drug-likeness (QED) is 0.503. The van der Waals surface area contributed by atoms with Crippen molar-refractivity contribution >= 4 is 22.1 Å². The minimum absolute atomic E-state index is 0.170. The normalized spacial score (nSPS) is 21.2. The zero-order valence-electron chi connectivity index (χ0n) is 19.7. The summed E-state index contributed by atoms with van der Waals surface area (Å²) in [6.45, 7) is 8.26. The van der Waals surface area contributed by atoms with Gasteiger partial charge in [0, 0.05) is 43.5 Å². The first kappa shape index (κ1) is 23.4. The number of aromatic nitrogens is 3. The number of rotatable bonds is 5. The van der Waals surface area contributed by atoms with E-state index in [-0.39, 0.29) is 6.04 Å². The Labute approximate surface area is 206 Å². The van der Waals surface area contributed by atoms with Crippen molar-refractivity contribution < 1.29 is 8.42 Å². The molecule has 2 aromatic carbocycles. The molecule has 5 rings (SSSR count).